The minimum Gasteiger partial charge on any atom is -0.870 e. The van der Waals surface area contributed by atoms with Crippen LogP contribution in [0.4, 0.5) is 28.4 Å². The summed E-state index contributed by atoms with van der Waals surface area (Å²) in [5.41, 5.74) is 4.70. The Kier molecular flexibility index (Phi) is 19.4. The quantitative estimate of drug-likeness (QED) is 0.0470. The van der Waals surface area contributed by atoms with E-state index in [-0.39, 0.29) is 157 Å². The number of hydrogen-bond donors (Lipinski definition) is 3. The van der Waals surface area contributed by atoms with Crippen molar-refractivity contribution in [3.63, 3.8) is 0 Å². The van der Waals surface area contributed by atoms with E-state index in [2.05, 4.69) is 20.5 Å². The Morgan fingerprint density at radius 2 is 1.00 bits per heavy atom. The molecule has 6 aromatic carbocycles. The van der Waals surface area contributed by atoms with Gasteiger partial charge in [-0.25, -0.2) is 16.8 Å². The molecule has 0 amide bonds. The first-order valence-corrected chi connectivity index (χ1v) is 21.5. The van der Waals surface area contributed by atoms with Crippen molar-refractivity contribution < 1.29 is 190 Å². The zero-order chi connectivity index (χ0) is 43.4. The van der Waals surface area contributed by atoms with E-state index in [1.54, 1.807) is 0 Å². The second-order valence-electron chi connectivity index (χ2n) is 12.1. The molecule has 0 atom stereocenters. The van der Waals surface area contributed by atoms with Gasteiger partial charge >= 0.3 is 118 Å². The summed E-state index contributed by atoms with van der Waals surface area (Å²) in [5.74, 6) is -2.35. The van der Waals surface area contributed by atoms with E-state index in [4.69, 9.17) is 15.2 Å². The molecule has 308 valence electrons. The Morgan fingerprint density at radius 3 is 1.46 bits per heavy atom. The second kappa shape index (κ2) is 21.5. The molecule has 0 unspecified atom stereocenters. The fraction of sp³-hybridized carbons (Fsp3) is 0.0588. The first kappa shape index (κ1) is 56.8. The van der Waals surface area contributed by atoms with Crippen LogP contribution in [0.25, 0.3) is 32.7 Å². The number of nitrogen functional groups attached to an aromatic ring is 1. The molecule has 0 aliphatic carbocycles. The molecule has 0 saturated heterocycles. The molecule has 0 saturated carbocycles. The van der Waals surface area contributed by atoms with Crippen LogP contribution in [0.5, 0.6) is 23.0 Å². The Hall–Kier alpha value is -2.32. The minimum absolute atomic E-state index is 0. The number of benzene rings is 6. The molecule has 0 spiro atoms. The fourth-order valence-corrected chi connectivity index (χ4v) is 8.08. The van der Waals surface area contributed by atoms with Crippen LogP contribution >= 0.6 is 0 Å². The Labute approximate surface area is 447 Å². The average Bonchev–Trinajstić information content (AvgIpc) is 3.14. The number of anilines is 1. The minimum atomic E-state index is -5.19. The molecule has 6 rings (SSSR count). The number of rotatable bonds is 11. The molecule has 6 aromatic rings. The number of nitrogens with two attached hydrogens (primary N) is 1. The number of nitrogens with zero attached hydrogens (tertiary/aromatic N) is 4. The van der Waals surface area contributed by atoms with E-state index in [0.717, 1.165) is 24.3 Å². The van der Waals surface area contributed by atoms with E-state index in [1.807, 2.05) is 0 Å². The summed E-state index contributed by atoms with van der Waals surface area (Å²) >= 11 is 0. The van der Waals surface area contributed by atoms with Crippen LogP contribution in [0.2, 0.25) is 0 Å². The molecule has 0 radical (unpaired) electrons. The summed E-state index contributed by atoms with van der Waals surface area (Å²) in [7, 11) is -17.9. The van der Waals surface area contributed by atoms with Crippen molar-refractivity contribution in [2.75, 3.05) is 20.0 Å². The number of fused-ring (bicyclic) bond motifs is 2. The summed E-state index contributed by atoms with van der Waals surface area (Å²) in [6.07, 6.45) is 0. The largest absolute Gasteiger partial charge is 1.00 e. The average molecular weight is 978 g/mol. The third kappa shape index (κ3) is 12.4. The van der Waals surface area contributed by atoms with Gasteiger partial charge in [0.15, 0.2) is 0 Å². The van der Waals surface area contributed by atoms with Gasteiger partial charge in [-0.2, -0.15) is 21.9 Å². The number of ether oxygens (including phenoxy) is 2. The monoisotopic (exact) mass is 977 g/mol. The van der Waals surface area contributed by atoms with Crippen LogP contribution in [0.1, 0.15) is 0 Å². The Bertz CT molecular complexity index is 3310. The SMILES string of the molecule is COc1cc(-c2ccc(N=Nc3c([O-])c(S(=O)(=O)O)cc4cc(S(=O)(=O)[O-])ccc34)c(OC)c2)ccc1N=Nc1c(S(=O)(=O)O)cc2cc(S(=O)(=O)[O-])cc(N)c2c1[O-].[Na+].[Na+].[Na+].[Na+]. The summed E-state index contributed by atoms with van der Waals surface area (Å²) in [6, 6.07) is 14.3. The molecular formula is C34H23N5Na4O16S4. The molecule has 29 heteroatoms. The van der Waals surface area contributed by atoms with E-state index in [0.29, 0.717) is 29.3 Å². The maximum absolute atomic E-state index is 13.4. The predicted molar refractivity (Wildman–Crippen MR) is 200 cm³/mol. The van der Waals surface area contributed by atoms with Gasteiger partial charge in [-0.3, -0.25) is 9.11 Å². The molecular weight excluding hydrogens is 955 g/mol. The van der Waals surface area contributed by atoms with E-state index in [1.165, 1.54) is 50.6 Å². The van der Waals surface area contributed by atoms with Gasteiger partial charge in [-0.15, -0.1) is 15.3 Å². The molecule has 63 heavy (non-hydrogen) atoms. The van der Waals surface area contributed by atoms with Crippen molar-refractivity contribution in [3.8, 4) is 34.1 Å². The normalized spacial score (nSPS) is 12.0. The van der Waals surface area contributed by atoms with Crippen molar-refractivity contribution in [2.24, 2.45) is 20.5 Å². The van der Waals surface area contributed by atoms with Gasteiger partial charge in [-0.05, 0) is 87.9 Å². The molecule has 4 N–H and O–H groups in total. The topological polar surface area (TPSA) is 363 Å². The third-order valence-electron chi connectivity index (χ3n) is 8.48. The van der Waals surface area contributed by atoms with Crippen LogP contribution in [0.15, 0.2) is 119 Å². The standard InChI is InChI=1S/C34H27N5O16S4.4Na/c1-54-26-11-16(3-7-24(26)36-38-31-22-6-5-20(56(42,43)44)9-18(22)13-29(33(31)40)59(51,52)53)17-4-8-25(27(12-17)55-2)37-39-32-28(58(48,49)50)14-19-10-21(57(45,46)47)15-23(35)30(19)34(32)41;;;;/h3-15,40-41H,35H2,1-2H3,(H,42,43,44)(H,45,46,47)(H,48,49,50)(H,51,52,53);;;;/q;4*+1/p-4. The van der Waals surface area contributed by atoms with Gasteiger partial charge in [-0.1, -0.05) is 29.7 Å². The maximum Gasteiger partial charge on any atom is 1.00 e. The van der Waals surface area contributed by atoms with Crippen molar-refractivity contribution in [1.82, 2.24) is 0 Å². The molecule has 0 bridgehead atoms. The van der Waals surface area contributed by atoms with Crippen LogP contribution in [-0.4, -0.2) is 66.1 Å². The molecule has 0 heterocycles. The molecule has 0 aromatic heterocycles. The molecule has 0 aliphatic heterocycles. The van der Waals surface area contributed by atoms with Crippen molar-refractivity contribution in [2.45, 2.75) is 19.6 Å². The molecule has 0 fully saturated rings. The van der Waals surface area contributed by atoms with Crippen LogP contribution < -0.4 is 144 Å². The Morgan fingerprint density at radius 1 is 0.540 bits per heavy atom. The number of methoxy groups -OCH3 is 2. The number of hydrogen-bond acceptors (Lipinski definition) is 19. The second-order valence-corrected chi connectivity index (χ2v) is 17.7. The van der Waals surface area contributed by atoms with Crippen LogP contribution in [0.3, 0.4) is 0 Å². The van der Waals surface area contributed by atoms with Gasteiger partial charge in [0.1, 0.15) is 48.0 Å². The first-order chi connectivity index (χ1) is 27.4. The fourth-order valence-electron chi connectivity index (χ4n) is 5.77. The smallest absolute Gasteiger partial charge is 0.870 e. The zero-order valence-corrected chi connectivity index (χ0v) is 44.9. The molecule has 21 nitrogen and oxygen atoms in total. The van der Waals surface area contributed by atoms with Crippen molar-refractivity contribution in [1.29, 1.82) is 0 Å². The van der Waals surface area contributed by atoms with Gasteiger partial charge in [0.25, 0.3) is 20.2 Å². The number of azo groups is 2. The van der Waals surface area contributed by atoms with Gasteiger partial charge in [0, 0.05) is 11.1 Å². The summed E-state index contributed by atoms with van der Waals surface area (Å²) in [4.78, 5) is -3.80. The summed E-state index contributed by atoms with van der Waals surface area (Å²) in [5, 5.41) is 41.0. The summed E-state index contributed by atoms with van der Waals surface area (Å²) < 4.78 is 148. The van der Waals surface area contributed by atoms with Gasteiger partial charge in [0.05, 0.1) is 40.3 Å². The molecule has 0 aliphatic rings. The van der Waals surface area contributed by atoms with Crippen LogP contribution in [0, 0.1) is 0 Å². The maximum atomic E-state index is 13.4. The van der Waals surface area contributed by atoms with E-state index < -0.39 is 94.0 Å². The third-order valence-corrected chi connectivity index (χ3v) is 11.9. The Balaban J connectivity index is 0.00000341. The van der Waals surface area contributed by atoms with E-state index in [9.17, 15) is 62.1 Å². The van der Waals surface area contributed by atoms with Gasteiger partial charge in [0.2, 0.25) is 0 Å². The van der Waals surface area contributed by atoms with Crippen molar-refractivity contribution in [3.05, 3.63) is 78.9 Å². The van der Waals surface area contributed by atoms with E-state index >= 15 is 0 Å². The zero-order valence-electron chi connectivity index (χ0n) is 33.6. The predicted octanol–water partition coefficient (Wildman–Crippen LogP) is -7.45. The first-order valence-electron chi connectivity index (χ1n) is 15.8. The summed E-state index contributed by atoms with van der Waals surface area (Å²) in [6.45, 7) is 0. The van der Waals surface area contributed by atoms with Gasteiger partial charge < -0.3 is 34.5 Å². The van der Waals surface area contributed by atoms with Crippen molar-refractivity contribution >= 4 is 90.5 Å². The van der Waals surface area contributed by atoms with Crippen LogP contribution in [-0.2, 0) is 40.5 Å².